The predicted octanol–water partition coefficient (Wildman–Crippen LogP) is 11.9. The third-order valence-corrected chi connectivity index (χ3v) is 8.45. The van der Waals surface area contributed by atoms with Crippen LogP contribution in [0.15, 0.2) is 182 Å². The lowest BCUT2D eigenvalue weighted by molar-refractivity contribution is 1.28. The first-order valence-corrected chi connectivity index (χ1v) is 15.3. The van der Waals surface area contributed by atoms with E-state index in [1.165, 1.54) is 38.4 Å². The van der Waals surface area contributed by atoms with Gasteiger partial charge in [-0.15, -0.1) is 0 Å². The maximum absolute atomic E-state index is 5.17. The molecule has 212 valence electrons. The smallest absolute Gasteiger partial charge is 0.0722 e. The molecule has 45 heavy (non-hydrogen) atoms. The van der Waals surface area contributed by atoms with Crippen LogP contribution in [-0.2, 0) is 0 Å². The molecule has 0 saturated carbocycles. The summed E-state index contributed by atoms with van der Waals surface area (Å²) in [7, 11) is 0. The Hall–Kier alpha value is -5.99. The van der Waals surface area contributed by atoms with Crippen molar-refractivity contribution in [2.45, 2.75) is 0 Å². The number of para-hydroxylation sites is 2. The van der Waals surface area contributed by atoms with Gasteiger partial charge < -0.3 is 4.90 Å². The molecule has 0 atom stereocenters. The highest BCUT2D eigenvalue weighted by Crippen LogP contribution is 2.38. The van der Waals surface area contributed by atoms with Crippen LogP contribution in [0.2, 0.25) is 0 Å². The topological polar surface area (TPSA) is 16.1 Å². The molecule has 2 nitrogen and oxygen atoms in total. The lowest BCUT2D eigenvalue weighted by Gasteiger charge is -2.25. The average Bonchev–Trinajstić information content (AvgIpc) is 3.13. The summed E-state index contributed by atoms with van der Waals surface area (Å²) < 4.78 is 0. The molecule has 0 aliphatic rings. The number of pyridine rings is 1. The fourth-order valence-corrected chi connectivity index (χ4v) is 6.24. The molecule has 0 amide bonds. The molecule has 8 aromatic rings. The normalized spacial score (nSPS) is 11.1. The Morgan fingerprint density at radius 1 is 0.378 bits per heavy atom. The van der Waals surface area contributed by atoms with Crippen LogP contribution in [0, 0.1) is 0 Å². The van der Waals surface area contributed by atoms with Crippen molar-refractivity contribution in [3.05, 3.63) is 182 Å². The largest absolute Gasteiger partial charge is 0.311 e. The van der Waals surface area contributed by atoms with Crippen molar-refractivity contribution in [3.63, 3.8) is 0 Å². The van der Waals surface area contributed by atoms with Gasteiger partial charge in [0.2, 0.25) is 0 Å². The number of benzene rings is 7. The summed E-state index contributed by atoms with van der Waals surface area (Å²) in [5, 5.41) is 3.65. The van der Waals surface area contributed by atoms with E-state index >= 15 is 0 Å². The van der Waals surface area contributed by atoms with E-state index in [0.29, 0.717) is 0 Å². The van der Waals surface area contributed by atoms with E-state index in [1.54, 1.807) is 0 Å². The van der Waals surface area contributed by atoms with Gasteiger partial charge in [-0.25, -0.2) is 4.98 Å². The minimum Gasteiger partial charge on any atom is -0.311 e. The Morgan fingerprint density at radius 3 is 1.53 bits per heavy atom. The zero-order valence-corrected chi connectivity index (χ0v) is 24.7. The second-order valence-corrected chi connectivity index (χ2v) is 11.2. The van der Waals surface area contributed by atoms with Gasteiger partial charge in [0, 0.05) is 28.0 Å². The van der Waals surface area contributed by atoms with Crippen molar-refractivity contribution in [1.29, 1.82) is 0 Å². The summed E-state index contributed by atoms with van der Waals surface area (Å²) in [6.07, 6.45) is 0. The Labute approximate surface area is 263 Å². The fourth-order valence-electron chi connectivity index (χ4n) is 6.24. The van der Waals surface area contributed by atoms with Gasteiger partial charge in [-0.2, -0.15) is 0 Å². The molecular formula is C43H30N2. The number of hydrogen-bond acceptors (Lipinski definition) is 2. The molecule has 1 heterocycles. The first-order valence-electron chi connectivity index (χ1n) is 15.3. The number of nitrogens with zero attached hydrogens (tertiary/aromatic N) is 2. The summed E-state index contributed by atoms with van der Waals surface area (Å²) in [5.41, 5.74) is 11.2. The molecule has 0 saturated heterocycles. The van der Waals surface area contributed by atoms with Crippen LogP contribution < -0.4 is 4.90 Å². The van der Waals surface area contributed by atoms with Gasteiger partial charge >= 0.3 is 0 Å². The van der Waals surface area contributed by atoms with E-state index in [0.717, 1.165) is 33.8 Å². The van der Waals surface area contributed by atoms with E-state index in [9.17, 15) is 0 Å². The van der Waals surface area contributed by atoms with Crippen molar-refractivity contribution >= 4 is 38.7 Å². The van der Waals surface area contributed by atoms with Crippen molar-refractivity contribution in [2.24, 2.45) is 0 Å². The van der Waals surface area contributed by atoms with Gasteiger partial charge in [0.15, 0.2) is 0 Å². The third-order valence-electron chi connectivity index (χ3n) is 8.45. The first kappa shape index (κ1) is 26.6. The fraction of sp³-hybridized carbons (Fsp3) is 0. The van der Waals surface area contributed by atoms with Crippen molar-refractivity contribution in [2.75, 3.05) is 4.90 Å². The highest BCUT2D eigenvalue weighted by Gasteiger charge is 2.14. The highest BCUT2D eigenvalue weighted by molar-refractivity contribution is 6.13. The number of aromatic nitrogens is 1. The van der Waals surface area contributed by atoms with Gasteiger partial charge in [-0.3, -0.25) is 0 Å². The molecule has 0 aliphatic carbocycles. The van der Waals surface area contributed by atoms with Crippen LogP contribution in [0.3, 0.4) is 0 Å². The molecule has 1 aromatic heterocycles. The Bertz CT molecular complexity index is 2180. The Morgan fingerprint density at radius 2 is 0.889 bits per heavy atom. The minimum atomic E-state index is 0.972. The van der Waals surface area contributed by atoms with E-state index < -0.39 is 0 Å². The van der Waals surface area contributed by atoms with Crippen LogP contribution in [0.5, 0.6) is 0 Å². The maximum atomic E-state index is 5.17. The molecule has 0 spiro atoms. The summed E-state index contributed by atoms with van der Waals surface area (Å²) in [6.45, 7) is 0. The van der Waals surface area contributed by atoms with Gasteiger partial charge in [-0.05, 0) is 81.6 Å². The molecule has 0 unspecified atom stereocenters. The summed E-state index contributed by atoms with van der Waals surface area (Å²) >= 11 is 0. The van der Waals surface area contributed by atoms with E-state index in [4.69, 9.17) is 4.98 Å². The van der Waals surface area contributed by atoms with Crippen LogP contribution in [-0.4, -0.2) is 4.98 Å². The summed E-state index contributed by atoms with van der Waals surface area (Å²) in [6, 6.07) is 64.4. The molecule has 0 radical (unpaired) electrons. The molecule has 2 heteroatoms. The van der Waals surface area contributed by atoms with Gasteiger partial charge in [0.25, 0.3) is 0 Å². The monoisotopic (exact) mass is 574 g/mol. The molecule has 0 aliphatic heterocycles. The second-order valence-electron chi connectivity index (χ2n) is 11.2. The quantitative estimate of drug-likeness (QED) is 0.184. The van der Waals surface area contributed by atoms with Gasteiger partial charge in [0.1, 0.15) is 0 Å². The molecular weight excluding hydrogens is 544 g/mol. The molecule has 0 bridgehead atoms. The third kappa shape index (κ3) is 5.13. The maximum Gasteiger partial charge on any atom is 0.0722 e. The lowest BCUT2D eigenvalue weighted by Crippen LogP contribution is -2.09. The molecule has 0 fully saturated rings. The highest BCUT2D eigenvalue weighted by atomic mass is 15.1. The Balaban J connectivity index is 1.15. The average molecular weight is 575 g/mol. The van der Waals surface area contributed by atoms with E-state index in [1.807, 2.05) is 0 Å². The second kappa shape index (κ2) is 11.6. The predicted molar refractivity (Wildman–Crippen MR) is 190 cm³/mol. The van der Waals surface area contributed by atoms with Crippen LogP contribution in [0.1, 0.15) is 0 Å². The van der Waals surface area contributed by atoms with Crippen molar-refractivity contribution in [1.82, 2.24) is 4.98 Å². The SMILES string of the molecule is c1ccc(-c2cc(-c3ccc(-c4ccc(N(c5ccccc5)c5ccccc5)cc4)cc3)nc3ccc4ccccc4c23)cc1. The lowest BCUT2D eigenvalue weighted by atomic mass is 9.94. The number of fused-ring (bicyclic) bond motifs is 3. The summed E-state index contributed by atoms with van der Waals surface area (Å²) in [4.78, 5) is 7.45. The van der Waals surface area contributed by atoms with Crippen LogP contribution in [0.4, 0.5) is 17.1 Å². The van der Waals surface area contributed by atoms with Gasteiger partial charge in [0.05, 0.1) is 11.2 Å². The zero-order chi connectivity index (χ0) is 30.0. The first-order chi connectivity index (χ1) is 22.3. The minimum absolute atomic E-state index is 0.972. The molecule has 0 N–H and O–H groups in total. The van der Waals surface area contributed by atoms with Crippen LogP contribution >= 0.6 is 0 Å². The van der Waals surface area contributed by atoms with Crippen LogP contribution in [0.25, 0.3) is 55.2 Å². The van der Waals surface area contributed by atoms with Crippen molar-refractivity contribution in [3.8, 4) is 33.5 Å². The Kier molecular flexibility index (Phi) is 6.86. The van der Waals surface area contributed by atoms with Crippen molar-refractivity contribution < 1.29 is 0 Å². The molecule has 8 rings (SSSR count). The zero-order valence-electron chi connectivity index (χ0n) is 24.7. The number of anilines is 3. The number of rotatable bonds is 6. The summed E-state index contributed by atoms with van der Waals surface area (Å²) in [5.74, 6) is 0. The standard InChI is InChI=1S/C43H30N2/c1-4-12-33(13-5-1)40-30-42(44-41-29-26-34-14-10-11-19-39(34)43(40)41)35-22-20-31(21-23-35)32-24-27-38(28-25-32)45(36-15-6-2-7-16-36)37-17-8-3-9-18-37/h1-30H. The van der Waals surface area contributed by atoms with E-state index in [-0.39, 0.29) is 0 Å². The van der Waals surface area contributed by atoms with E-state index in [2.05, 4.69) is 187 Å². The molecule has 7 aromatic carbocycles. The van der Waals surface area contributed by atoms with Gasteiger partial charge in [-0.1, -0.05) is 133 Å². The number of hydrogen-bond donors (Lipinski definition) is 0.